The molecule has 1 aromatic carbocycles. The number of hydrogen-bond acceptors (Lipinski definition) is 3. The first-order chi connectivity index (χ1) is 9.74. The molecular formula is C16H19FN2O. The molecule has 3 nitrogen and oxygen atoms in total. The fourth-order valence-corrected chi connectivity index (χ4v) is 2.41. The third-order valence-corrected chi connectivity index (χ3v) is 3.61. The molecule has 0 radical (unpaired) electrons. The summed E-state index contributed by atoms with van der Waals surface area (Å²) in [5, 5.41) is 3.44. The third kappa shape index (κ3) is 3.02. The number of nitrogens with one attached hydrogen (secondary N) is 1. The van der Waals surface area contributed by atoms with Gasteiger partial charge in [0.05, 0.1) is 18.2 Å². The highest BCUT2D eigenvalue weighted by molar-refractivity contribution is 5.54. The van der Waals surface area contributed by atoms with Crippen molar-refractivity contribution < 1.29 is 8.81 Å². The van der Waals surface area contributed by atoms with E-state index in [1.165, 1.54) is 18.9 Å². The standard InChI is InChI=1S/C16H19FN2O/c1-19(10-12-7-8-20-11-12)16-13(3-2-4-15(16)17)9-18-14-5-6-14/h2-4,7-8,11,14,18H,5-6,9-10H2,1H3. The van der Waals surface area contributed by atoms with Crippen LogP contribution in [0.3, 0.4) is 0 Å². The molecule has 0 amide bonds. The number of rotatable bonds is 6. The minimum atomic E-state index is -0.175. The Kier molecular flexibility index (Phi) is 3.74. The number of hydrogen-bond donors (Lipinski definition) is 1. The van der Waals surface area contributed by atoms with Crippen LogP contribution in [-0.4, -0.2) is 13.1 Å². The maximum absolute atomic E-state index is 14.2. The normalized spacial score (nSPS) is 14.5. The number of para-hydroxylation sites is 1. The molecule has 1 aliphatic rings. The Labute approximate surface area is 118 Å². The van der Waals surface area contributed by atoms with E-state index in [2.05, 4.69) is 5.32 Å². The van der Waals surface area contributed by atoms with Gasteiger partial charge in [-0.3, -0.25) is 0 Å². The van der Waals surface area contributed by atoms with Crippen molar-refractivity contribution in [1.82, 2.24) is 5.32 Å². The predicted octanol–water partition coefficient (Wildman–Crippen LogP) is 3.31. The Morgan fingerprint density at radius 3 is 2.90 bits per heavy atom. The molecule has 0 bridgehead atoms. The maximum Gasteiger partial charge on any atom is 0.146 e. The summed E-state index contributed by atoms with van der Waals surface area (Å²) in [7, 11) is 1.91. The maximum atomic E-state index is 14.2. The van der Waals surface area contributed by atoms with Crippen LogP contribution in [-0.2, 0) is 13.1 Å². The minimum Gasteiger partial charge on any atom is -0.472 e. The van der Waals surface area contributed by atoms with Crippen molar-refractivity contribution in [3.8, 4) is 0 Å². The first kappa shape index (κ1) is 13.2. The number of halogens is 1. The van der Waals surface area contributed by atoms with Gasteiger partial charge in [-0.05, 0) is 30.5 Å². The molecule has 0 spiro atoms. The van der Waals surface area contributed by atoms with Gasteiger partial charge in [0.2, 0.25) is 0 Å². The second-order valence-electron chi connectivity index (χ2n) is 5.39. The molecule has 2 aromatic rings. The summed E-state index contributed by atoms with van der Waals surface area (Å²) in [6.45, 7) is 1.35. The molecule has 0 atom stereocenters. The van der Waals surface area contributed by atoms with Crippen LogP contribution in [0.25, 0.3) is 0 Å². The van der Waals surface area contributed by atoms with Crippen molar-refractivity contribution in [1.29, 1.82) is 0 Å². The second-order valence-corrected chi connectivity index (χ2v) is 5.39. The van der Waals surface area contributed by atoms with Crippen LogP contribution in [0.1, 0.15) is 24.0 Å². The van der Waals surface area contributed by atoms with Gasteiger partial charge in [0.1, 0.15) is 5.82 Å². The summed E-state index contributed by atoms with van der Waals surface area (Å²) < 4.78 is 19.2. The Balaban J connectivity index is 1.78. The second kappa shape index (κ2) is 5.67. The molecule has 106 valence electrons. The van der Waals surface area contributed by atoms with E-state index < -0.39 is 0 Å². The lowest BCUT2D eigenvalue weighted by atomic mass is 10.1. The van der Waals surface area contributed by atoms with E-state index in [9.17, 15) is 4.39 Å². The quantitative estimate of drug-likeness (QED) is 0.876. The molecule has 0 saturated heterocycles. The number of anilines is 1. The Morgan fingerprint density at radius 1 is 1.35 bits per heavy atom. The predicted molar refractivity (Wildman–Crippen MR) is 77.1 cm³/mol. The molecular weight excluding hydrogens is 255 g/mol. The van der Waals surface area contributed by atoms with Crippen molar-refractivity contribution in [2.24, 2.45) is 0 Å². The van der Waals surface area contributed by atoms with E-state index in [1.807, 2.05) is 24.1 Å². The van der Waals surface area contributed by atoms with Gasteiger partial charge in [-0.2, -0.15) is 0 Å². The summed E-state index contributed by atoms with van der Waals surface area (Å²) in [5.74, 6) is -0.175. The topological polar surface area (TPSA) is 28.4 Å². The van der Waals surface area contributed by atoms with Crippen molar-refractivity contribution in [2.75, 3.05) is 11.9 Å². The molecule has 0 unspecified atom stereocenters. The highest BCUT2D eigenvalue weighted by atomic mass is 19.1. The van der Waals surface area contributed by atoms with Gasteiger partial charge in [0.15, 0.2) is 0 Å². The molecule has 1 aromatic heterocycles. The van der Waals surface area contributed by atoms with Gasteiger partial charge >= 0.3 is 0 Å². The molecule has 1 saturated carbocycles. The molecule has 1 aliphatic carbocycles. The van der Waals surface area contributed by atoms with E-state index in [0.717, 1.165) is 11.1 Å². The zero-order chi connectivity index (χ0) is 13.9. The number of furan rings is 1. The summed E-state index contributed by atoms with van der Waals surface area (Å²) in [4.78, 5) is 1.93. The van der Waals surface area contributed by atoms with Crippen LogP contribution in [0.5, 0.6) is 0 Å². The van der Waals surface area contributed by atoms with Gasteiger partial charge in [-0.15, -0.1) is 0 Å². The van der Waals surface area contributed by atoms with Gasteiger partial charge in [-0.25, -0.2) is 4.39 Å². The largest absolute Gasteiger partial charge is 0.472 e. The molecule has 4 heteroatoms. The lowest BCUT2D eigenvalue weighted by Gasteiger charge is -2.22. The molecule has 1 N–H and O–H groups in total. The zero-order valence-corrected chi connectivity index (χ0v) is 11.6. The highest BCUT2D eigenvalue weighted by Gasteiger charge is 2.21. The molecule has 1 heterocycles. The smallest absolute Gasteiger partial charge is 0.146 e. The van der Waals surface area contributed by atoms with E-state index >= 15 is 0 Å². The van der Waals surface area contributed by atoms with E-state index in [1.54, 1.807) is 18.6 Å². The van der Waals surface area contributed by atoms with Crippen LogP contribution < -0.4 is 10.2 Å². The first-order valence-corrected chi connectivity index (χ1v) is 6.97. The Morgan fingerprint density at radius 2 is 2.20 bits per heavy atom. The SMILES string of the molecule is CN(Cc1ccoc1)c1c(F)cccc1CNC1CC1. The summed E-state index contributed by atoms with van der Waals surface area (Å²) in [6.07, 6.45) is 5.80. The number of benzene rings is 1. The minimum absolute atomic E-state index is 0.175. The van der Waals surface area contributed by atoms with E-state index in [0.29, 0.717) is 24.8 Å². The molecule has 3 rings (SSSR count). The summed E-state index contributed by atoms with van der Waals surface area (Å²) in [6, 6.07) is 7.79. The average Bonchev–Trinajstić information content (AvgIpc) is 3.13. The Bertz CT molecular complexity index is 564. The van der Waals surface area contributed by atoms with Crippen LogP contribution >= 0.6 is 0 Å². The fourth-order valence-electron chi connectivity index (χ4n) is 2.41. The Hall–Kier alpha value is -1.81. The first-order valence-electron chi connectivity index (χ1n) is 6.97. The van der Waals surface area contributed by atoms with Gasteiger partial charge in [0.25, 0.3) is 0 Å². The fraction of sp³-hybridized carbons (Fsp3) is 0.375. The van der Waals surface area contributed by atoms with Crippen molar-refractivity contribution >= 4 is 5.69 Å². The van der Waals surface area contributed by atoms with E-state index in [4.69, 9.17) is 4.42 Å². The van der Waals surface area contributed by atoms with Crippen molar-refractivity contribution in [3.63, 3.8) is 0 Å². The average molecular weight is 274 g/mol. The molecule has 20 heavy (non-hydrogen) atoms. The van der Waals surface area contributed by atoms with Gasteiger partial charge in [0, 0.05) is 31.7 Å². The van der Waals surface area contributed by atoms with E-state index in [-0.39, 0.29) is 5.82 Å². The van der Waals surface area contributed by atoms with Crippen LogP contribution in [0.4, 0.5) is 10.1 Å². The lowest BCUT2D eigenvalue weighted by Crippen LogP contribution is -2.22. The highest BCUT2D eigenvalue weighted by Crippen LogP contribution is 2.26. The monoisotopic (exact) mass is 274 g/mol. The zero-order valence-electron chi connectivity index (χ0n) is 11.6. The third-order valence-electron chi connectivity index (χ3n) is 3.61. The molecule has 0 aliphatic heterocycles. The van der Waals surface area contributed by atoms with Crippen LogP contribution in [0, 0.1) is 5.82 Å². The number of nitrogens with zero attached hydrogens (tertiary/aromatic N) is 1. The molecule has 1 fully saturated rings. The lowest BCUT2D eigenvalue weighted by molar-refractivity contribution is 0.563. The van der Waals surface area contributed by atoms with Gasteiger partial charge < -0.3 is 14.6 Å². The van der Waals surface area contributed by atoms with Gasteiger partial charge in [-0.1, -0.05) is 12.1 Å². The van der Waals surface area contributed by atoms with Crippen LogP contribution in [0.2, 0.25) is 0 Å². The summed E-state index contributed by atoms with van der Waals surface area (Å²) in [5.41, 5.74) is 2.71. The van der Waals surface area contributed by atoms with Crippen molar-refractivity contribution in [3.05, 3.63) is 53.7 Å². The summed E-state index contributed by atoms with van der Waals surface area (Å²) >= 11 is 0. The van der Waals surface area contributed by atoms with Crippen LogP contribution in [0.15, 0.2) is 41.2 Å². The van der Waals surface area contributed by atoms with Crippen molar-refractivity contribution in [2.45, 2.75) is 32.0 Å².